The number of hydrogen-bond donors (Lipinski definition) is 0. The predicted molar refractivity (Wildman–Crippen MR) is 198 cm³/mol. The van der Waals surface area contributed by atoms with Gasteiger partial charge in [-0.15, -0.1) is 6.42 Å². The van der Waals surface area contributed by atoms with Gasteiger partial charge in [-0.05, 0) is 42.5 Å². The number of piperazine rings is 1. The monoisotopic (exact) mass is 728 g/mol. The van der Waals surface area contributed by atoms with Crippen LogP contribution in [0.3, 0.4) is 0 Å². The molecule has 5 aromatic rings. The smallest absolute Gasteiger partial charge is 0.319 e. The molecule has 2 unspecified atom stereocenters. The zero-order valence-electron chi connectivity index (χ0n) is 29.3. The minimum atomic E-state index is -1.03. The molecule has 3 aliphatic rings. The van der Waals surface area contributed by atoms with Crippen LogP contribution in [0.15, 0.2) is 72.9 Å². The number of alkyl halides is 1. The first kappa shape index (κ1) is 35.0. The number of fused-ring (bicyclic) bond motifs is 3. The van der Waals surface area contributed by atoms with Crippen molar-refractivity contribution in [3.05, 3.63) is 90.0 Å². The maximum atomic E-state index is 17.1. The van der Waals surface area contributed by atoms with E-state index in [1.54, 1.807) is 12.1 Å². The first-order valence-electron chi connectivity index (χ1n) is 17.9. The van der Waals surface area contributed by atoms with Crippen LogP contribution in [0.4, 0.5) is 19.0 Å². The molecule has 13 heteroatoms. The highest BCUT2D eigenvalue weighted by Gasteiger charge is 2.49. The zero-order valence-corrected chi connectivity index (χ0v) is 29.3. The SMILES string of the molecule is C#Cc1cccc2cccc(-c3ccc4c(N5CCN(C(=O)/C(F)=C/c6cnccn6)C(CC#N)C5)nc(OC[C@@]56CCCN5CC(F)C6)nc4c3F)c12. The largest absolute Gasteiger partial charge is 0.461 e. The molecule has 8 rings (SSSR count). The van der Waals surface area contributed by atoms with Crippen molar-refractivity contribution < 1.29 is 22.7 Å². The summed E-state index contributed by atoms with van der Waals surface area (Å²) in [6, 6.07) is 15.9. The van der Waals surface area contributed by atoms with Crippen molar-refractivity contribution in [3.8, 4) is 35.6 Å². The summed E-state index contributed by atoms with van der Waals surface area (Å²) in [6.45, 7) is 1.59. The highest BCUT2D eigenvalue weighted by molar-refractivity contribution is 6.03. The molecule has 3 aliphatic heterocycles. The number of carbonyl (C=O) groups is 1. The summed E-state index contributed by atoms with van der Waals surface area (Å²) in [5, 5.41) is 11.7. The van der Waals surface area contributed by atoms with Crippen molar-refractivity contribution in [2.75, 3.05) is 44.2 Å². The van der Waals surface area contributed by atoms with Crippen LogP contribution < -0.4 is 9.64 Å². The molecule has 10 nitrogen and oxygen atoms in total. The topological polar surface area (TPSA) is 111 Å². The van der Waals surface area contributed by atoms with Crippen LogP contribution in [0.2, 0.25) is 0 Å². The van der Waals surface area contributed by atoms with Crippen LogP contribution in [0.1, 0.15) is 36.9 Å². The zero-order chi connectivity index (χ0) is 37.4. The highest BCUT2D eigenvalue weighted by Crippen LogP contribution is 2.41. The molecule has 3 atom stereocenters. The van der Waals surface area contributed by atoms with E-state index >= 15 is 8.78 Å². The third-order valence-corrected chi connectivity index (χ3v) is 10.8. The first-order chi connectivity index (χ1) is 26.3. The summed E-state index contributed by atoms with van der Waals surface area (Å²) in [6.07, 6.45) is 12.0. The van der Waals surface area contributed by atoms with E-state index in [1.807, 2.05) is 41.3 Å². The van der Waals surface area contributed by atoms with Crippen molar-refractivity contribution in [3.63, 3.8) is 0 Å². The molecule has 3 saturated heterocycles. The van der Waals surface area contributed by atoms with Crippen LogP contribution >= 0.6 is 0 Å². The van der Waals surface area contributed by atoms with Crippen LogP contribution in [0, 0.1) is 29.5 Å². The minimum absolute atomic E-state index is 0.00606. The molecule has 0 radical (unpaired) electrons. The van der Waals surface area contributed by atoms with Gasteiger partial charge >= 0.3 is 6.01 Å². The molecule has 0 bridgehead atoms. The van der Waals surface area contributed by atoms with E-state index in [0.717, 1.165) is 36.2 Å². The van der Waals surface area contributed by atoms with E-state index < -0.39 is 35.3 Å². The molecule has 0 aliphatic carbocycles. The lowest BCUT2D eigenvalue weighted by molar-refractivity contribution is -0.131. The number of halogens is 3. The van der Waals surface area contributed by atoms with Gasteiger partial charge in [-0.25, -0.2) is 13.2 Å². The molecule has 0 spiro atoms. The normalized spacial score (nSPS) is 21.6. The lowest BCUT2D eigenvalue weighted by Crippen LogP contribution is -2.55. The van der Waals surface area contributed by atoms with Gasteiger partial charge in [-0.1, -0.05) is 42.3 Å². The number of benzene rings is 3. The van der Waals surface area contributed by atoms with Crippen molar-refractivity contribution in [2.45, 2.75) is 43.4 Å². The first-order valence-corrected chi connectivity index (χ1v) is 17.9. The molecule has 54 heavy (non-hydrogen) atoms. The number of nitriles is 1. The Kier molecular flexibility index (Phi) is 9.34. The van der Waals surface area contributed by atoms with Gasteiger partial charge in [0.05, 0.1) is 36.0 Å². The second-order valence-electron chi connectivity index (χ2n) is 14.0. The fraction of sp³-hybridized carbons (Fsp3) is 0.317. The quantitative estimate of drug-likeness (QED) is 0.135. The van der Waals surface area contributed by atoms with Gasteiger partial charge in [-0.3, -0.25) is 19.7 Å². The summed E-state index contributed by atoms with van der Waals surface area (Å²) in [7, 11) is 0. The van der Waals surface area contributed by atoms with E-state index in [4.69, 9.17) is 16.1 Å². The minimum Gasteiger partial charge on any atom is -0.461 e. The summed E-state index contributed by atoms with van der Waals surface area (Å²) in [4.78, 5) is 36.0. The number of terminal acetylenes is 1. The average Bonchev–Trinajstić information content (AvgIpc) is 3.72. The molecule has 0 N–H and O–H groups in total. The lowest BCUT2D eigenvalue weighted by atomic mass is 9.93. The summed E-state index contributed by atoms with van der Waals surface area (Å²) in [5.41, 5.74) is 1.19. The maximum absolute atomic E-state index is 17.1. The third kappa shape index (κ3) is 6.35. The van der Waals surface area contributed by atoms with Crippen LogP contribution in [0.5, 0.6) is 6.01 Å². The number of carbonyl (C=O) groups excluding carboxylic acids is 1. The number of nitrogens with zero attached hydrogens (tertiary/aromatic N) is 8. The van der Waals surface area contributed by atoms with E-state index in [0.29, 0.717) is 35.3 Å². The Labute approximate surface area is 309 Å². The van der Waals surface area contributed by atoms with Gasteiger partial charge in [-0.2, -0.15) is 15.2 Å². The number of anilines is 1. The fourth-order valence-corrected chi connectivity index (χ4v) is 8.28. The van der Waals surface area contributed by atoms with E-state index in [-0.39, 0.29) is 55.4 Å². The number of aromatic nitrogens is 4. The van der Waals surface area contributed by atoms with Gasteiger partial charge in [0, 0.05) is 73.0 Å². The number of hydrogen-bond acceptors (Lipinski definition) is 9. The van der Waals surface area contributed by atoms with Gasteiger partial charge in [0.2, 0.25) is 0 Å². The summed E-state index contributed by atoms with van der Waals surface area (Å²) >= 11 is 0. The third-order valence-electron chi connectivity index (χ3n) is 10.8. The molecular weight excluding hydrogens is 693 g/mol. The van der Waals surface area contributed by atoms with Crippen molar-refractivity contribution in [1.82, 2.24) is 29.7 Å². The molecule has 2 aromatic heterocycles. The average molecular weight is 729 g/mol. The number of rotatable bonds is 8. The molecule has 272 valence electrons. The van der Waals surface area contributed by atoms with Crippen molar-refractivity contribution in [2.24, 2.45) is 0 Å². The van der Waals surface area contributed by atoms with Crippen LogP contribution in [0.25, 0.3) is 38.9 Å². The van der Waals surface area contributed by atoms with Crippen molar-refractivity contribution in [1.29, 1.82) is 5.26 Å². The standard InChI is InChI=1S/C41H35F3N8O2/c1-2-26-6-3-7-27-8-4-9-31(35(26)27)32-10-11-33-37(36(32)44)48-40(54-25-41-13-5-17-51(41)23-28(42)21-41)49-38(33)50-18-19-52(30(24-50)12-14-45)39(53)34(43)20-29-22-46-15-16-47-29/h1,3-4,6-11,15-16,20,22,28,30H,5,12-13,17-19,21,23-25H2/b34-20-/t28?,30?,41-/m0/s1. The molecule has 1 amide bonds. The Morgan fingerprint density at radius 3 is 2.72 bits per heavy atom. The van der Waals surface area contributed by atoms with E-state index in [9.17, 15) is 14.4 Å². The fourth-order valence-electron chi connectivity index (χ4n) is 8.28. The molecule has 5 heterocycles. The second kappa shape index (κ2) is 14.4. The Morgan fingerprint density at radius 1 is 1.07 bits per heavy atom. The second-order valence-corrected chi connectivity index (χ2v) is 14.0. The van der Waals surface area contributed by atoms with Gasteiger partial charge in [0.15, 0.2) is 11.6 Å². The highest BCUT2D eigenvalue weighted by atomic mass is 19.1. The molecule has 0 saturated carbocycles. The van der Waals surface area contributed by atoms with Gasteiger partial charge < -0.3 is 14.5 Å². The lowest BCUT2D eigenvalue weighted by Gasteiger charge is -2.41. The van der Waals surface area contributed by atoms with Crippen LogP contribution in [-0.2, 0) is 4.79 Å². The summed E-state index contributed by atoms with van der Waals surface area (Å²) in [5.74, 6) is 0.537. The van der Waals surface area contributed by atoms with Gasteiger partial charge in [0.1, 0.15) is 24.1 Å². The van der Waals surface area contributed by atoms with E-state index in [1.165, 1.54) is 23.5 Å². The van der Waals surface area contributed by atoms with Crippen LogP contribution in [-0.4, -0.2) is 92.7 Å². The maximum Gasteiger partial charge on any atom is 0.319 e. The summed E-state index contributed by atoms with van der Waals surface area (Å²) < 4.78 is 53.2. The Balaban J connectivity index is 1.19. The number of ether oxygens (including phenoxy) is 1. The number of amides is 1. The Hall–Kier alpha value is -6.05. The van der Waals surface area contributed by atoms with E-state index in [2.05, 4.69) is 31.8 Å². The molecular formula is C41H35F3N8O2. The van der Waals surface area contributed by atoms with Crippen molar-refractivity contribution >= 4 is 39.5 Å². The molecule has 3 fully saturated rings. The van der Waals surface area contributed by atoms with Gasteiger partial charge in [0.25, 0.3) is 5.91 Å². The predicted octanol–water partition coefficient (Wildman–Crippen LogP) is 6.26. The molecule has 3 aromatic carbocycles. The Bertz CT molecular complexity index is 2370. The Morgan fingerprint density at radius 2 is 1.93 bits per heavy atom.